The maximum Gasteiger partial charge on any atom is 0.219 e. The lowest BCUT2D eigenvalue weighted by Crippen LogP contribution is -2.41. The van der Waals surface area contributed by atoms with Crippen molar-refractivity contribution in [1.82, 2.24) is 27.9 Å². The van der Waals surface area contributed by atoms with E-state index in [1.807, 2.05) is 115 Å². The largest absolute Gasteiger partial charge is 0.361 e. The summed E-state index contributed by atoms with van der Waals surface area (Å²) in [4.78, 5) is 9.93. The van der Waals surface area contributed by atoms with Gasteiger partial charge >= 0.3 is 0 Å². The molecule has 0 radical (unpaired) electrons. The third-order valence-electron chi connectivity index (χ3n) is 18.4. The minimum Gasteiger partial charge on any atom is -0.361 e. The lowest BCUT2D eigenvalue weighted by molar-refractivity contribution is 0.344. The first-order valence-electron chi connectivity index (χ1n) is 29.9. The highest BCUT2D eigenvalue weighted by Gasteiger charge is 2.42. The molecule has 0 saturated heterocycles. The smallest absolute Gasteiger partial charge is 0.219 e. The van der Waals surface area contributed by atoms with Gasteiger partial charge in [0.15, 0.2) is 0 Å². The first-order chi connectivity index (χ1) is 43.6. The molecular weight excluding hydrogens is 1200 g/mol. The van der Waals surface area contributed by atoms with E-state index in [0.717, 1.165) is 60.5 Å². The number of sulfonamides is 3. The zero-order chi connectivity index (χ0) is 61.6. The van der Waals surface area contributed by atoms with Crippen LogP contribution in [0.2, 0.25) is 0 Å². The Morgan fingerprint density at radius 2 is 0.756 bits per heavy atom. The number of benzene rings is 9. The van der Waals surface area contributed by atoms with Gasteiger partial charge in [-0.05, 0) is 112 Å². The van der Waals surface area contributed by atoms with Crippen molar-refractivity contribution >= 4 is 62.8 Å². The Labute approximate surface area is 519 Å². The van der Waals surface area contributed by atoms with Crippen molar-refractivity contribution in [2.45, 2.75) is 54.6 Å². The number of rotatable bonds is 14. The Morgan fingerprint density at radius 3 is 1.21 bits per heavy atom. The maximum absolute atomic E-state index is 17.6. The quantitative estimate of drug-likeness (QED) is 0.0983. The van der Waals surface area contributed by atoms with Gasteiger partial charge in [0.25, 0.3) is 0 Å². The summed E-state index contributed by atoms with van der Waals surface area (Å²) in [6.07, 6.45) is 6.55. The second kappa shape index (κ2) is 22.6. The molecule has 0 aliphatic carbocycles. The van der Waals surface area contributed by atoms with Crippen LogP contribution in [0.4, 0.5) is 13.2 Å². The molecule has 3 aliphatic heterocycles. The number of fused-ring (bicyclic) bond motifs is 6. The summed E-state index contributed by atoms with van der Waals surface area (Å²) in [7, 11) is -12.7. The van der Waals surface area contributed by atoms with Crippen LogP contribution in [0.3, 0.4) is 0 Å². The molecule has 452 valence electrons. The fraction of sp³-hybridized carbons (Fsp3) is 0.167. The van der Waals surface area contributed by atoms with Crippen LogP contribution in [-0.4, -0.2) is 72.8 Å². The Bertz CT molecular complexity index is 5200. The van der Waals surface area contributed by atoms with E-state index in [-0.39, 0.29) is 48.3 Å². The molecule has 6 heterocycles. The number of hydrogen-bond acceptors (Lipinski definition) is 6. The fourth-order valence-electron chi connectivity index (χ4n) is 14.2. The average Bonchev–Trinajstić information content (AvgIpc) is 1.44. The van der Waals surface area contributed by atoms with Crippen LogP contribution < -0.4 is 0 Å². The van der Waals surface area contributed by atoms with Crippen LogP contribution in [0, 0.1) is 17.5 Å². The summed E-state index contributed by atoms with van der Waals surface area (Å²) < 4.78 is 144. The van der Waals surface area contributed by atoms with Crippen molar-refractivity contribution in [3.05, 3.63) is 297 Å². The van der Waals surface area contributed by atoms with Crippen LogP contribution in [0.1, 0.15) is 84.9 Å². The van der Waals surface area contributed by atoms with Crippen molar-refractivity contribution in [2.75, 3.05) is 19.6 Å². The highest BCUT2D eigenvalue weighted by molar-refractivity contribution is 7.88. The molecule has 3 aliphatic rings. The van der Waals surface area contributed by atoms with Crippen molar-refractivity contribution in [3.63, 3.8) is 0 Å². The van der Waals surface area contributed by atoms with Gasteiger partial charge in [-0.3, -0.25) is 0 Å². The number of nitrogens with zero attached hydrogens (tertiary/aromatic N) is 3. The molecule has 12 aromatic rings. The van der Waals surface area contributed by atoms with Crippen molar-refractivity contribution in [2.24, 2.45) is 0 Å². The van der Waals surface area contributed by atoms with Crippen LogP contribution >= 0.6 is 0 Å². The van der Waals surface area contributed by atoms with Crippen LogP contribution in [-0.2, 0) is 66.6 Å². The number of para-hydroxylation sites is 3. The van der Waals surface area contributed by atoms with Gasteiger partial charge in [-0.15, -0.1) is 0 Å². The van der Waals surface area contributed by atoms with Gasteiger partial charge in [0.05, 0.1) is 35.4 Å². The molecule has 0 unspecified atom stereocenters. The van der Waals surface area contributed by atoms with Crippen molar-refractivity contribution in [3.8, 4) is 22.3 Å². The molecule has 3 N–H and O–H groups in total. The number of halogens is 3. The maximum atomic E-state index is 17.6. The van der Waals surface area contributed by atoms with E-state index in [1.165, 1.54) is 43.2 Å². The Balaban J connectivity index is 0.760. The first-order valence-corrected chi connectivity index (χ1v) is 34.7. The second-order valence-electron chi connectivity index (χ2n) is 23.6. The first kappa shape index (κ1) is 57.6. The minimum absolute atomic E-state index is 0.0135. The van der Waals surface area contributed by atoms with E-state index in [2.05, 4.69) is 15.0 Å². The average molecular weight is 1260 g/mol. The number of aromatic amines is 3. The second-order valence-corrected chi connectivity index (χ2v) is 29.4. The third-order valence-corrected chi connectivity index (χ3v) is 23.8. The number of hydrogen-bond donors (Lipinski definition) is 3. The molecule has 0 saturated carbocycles. The summed E-state index contributed by atoms with van der Waals surface area (Å²) in [5.41, 5.74) is 10.7. The third kappa shape index (κ3) is 10.1. The minimum atomic E-state index is -4.41. The monoisotopic (exact) mass is 1260 g/mol. The molecule has 3 atom stereocenters. The molecule has 18 heteroatoms. The van der Waals surface area contributed by atoms with Crippen LogP contribution in [0.5, 0.6) is 0 Å². The van der Waals surface area contributed by atoms with Gasteiger partial charge in [-0.1, -0.05) is 152 Å². The van der Waals surface area contributed by atoms with Gasteiger partial charge in [-0.25, -0.2) is 38.4 Å². The predicted molar refractivity (Wildman–Crippen MR) is 346 cm³/mol. The molecule has 0 fully saturated rings. The zero-order valence-corrected chi connectivity index (χ0v) is 50.9. The van der Waals surface area contributed by atoms with Gasteiger partial charge in [-0.2, -0.15) is 12.9 Å². The normalized spacial score (nSPS) is 17.6. The van der Waals surface area contributed by atoms with E-state index in [0.29, 0.717) is 51.8 Å². The molecule has 15 rings (SSSR count). The van der Waals surface area contributed by atoms with Gasteiger partial charge in [0.2, 0.25) is 30.1 Å². The molecular formula is C72H59F3N6O6S3. The summed E-state index contributed by atoms with van der Waals surface area (Å²) in [5.74, 6) is -3.79. The van der Waals surface area contributed by atoms with Crippen LogP contribution in [0.25, 0.3) is 55.0 Å². The van der Waals surface area contributed by atoms with E-state index >= 15 is 17.2 Å². The Kier molecular flexibility index (Phi) is 14.4. The Hall–Kier alpha value is -8.88. The van der Waals surface area contributed by atoms with E-state index in [4.69, 9.17) is 0 Å². The number of H-pyrrole nitrogens is 3. The highest BCUT2D eigenvalue weighted by Crippen LogP contribution is 2.46. The zero-order valence-electron chi connectivity index (χ0n) is 48.5. The molecule has 0 amide bonds. The summed E-state index contributed by atoms with van der Waals surface area (Å²) in [6.45, 7) is 0.376. The number of aromatic nitrogens is 3. The molecule has 9 aromatic carbocycles. The SMILES string of the molecule is O=S(=O)(Cc1cccc(F)c1)N1CCc2ccc(-c3cccc(CS(=O)(=O)N4CCc5ccc(-c6cccc(CS(=O)(=O)N7CCc8ccccc8[C@@H]7c7c[nH]c8ccccc78)c6F)cc5[C@H]4c4c[nH]c5ccccc45)c3F)cc2[C@@H]1c1c[nH]c2ccccc12. The summed E-state index contributed by atoms with van der Waals surface area (Å²) in [5, 5.41) is 2.46. The molecule has 0 spiro atoms. The van der Waals surface area contributed by atoms with Gasteiger partial charge in [0, 0.05) is 110 Å². The Morgan fingerprint density at radius 1 is 0.367 bits per heavy atom. The fourth-order valence-corrected chi connectivity index (χ4v) is 19.3. The van der Waals surface area contributed by atoms with Crippen molar-refractivity contribution < 1.29 is 38.4 Å². The van der Waals surface area contributed by atoms with Gasteiger partial charge in [0.1, 0.15) is 17.5 Å². The summed E-state index contributed by atoms with van der Waals surface area (Å²) >= 11 is 0. The van der Waals surface area contributed by atoms with E-state index < -0.39 is 82.9 Å². The molecule has 12 nitrogen and oxygen atoms in total. The molecule has 3 aromatic heterocycles. The van der Waals surface area contributed by atoms with Gasteiger partial charge < -0.3 is 15.0 Å². The van der Waals surface area contributed by atoms with E-state index in [9.17, 15) is 21.2 Å². The van der Waals surface area contributed by atoms with Crippen molar-refractivity contribution in [1.29, 1.82) is 0 Å². The lowest BCUT2D eigenvalue weighted by Gasteiger charge is -2.37. The topological polar surface area (TPSA) is 160 Å². The lowest BCUT2D eigenvalue weighted by atomic mass is 9.87. The van der Waals surface area contributed by atoms with Crippen LogP contribution in [0.15, 0.2) is 213 Å². The molecule has 0 bridgehead atoms. The summed E-state index contributed by atoms with van der Waals surface area (Å²) in [6, 6.07) is 54.1. The number of nitrogens with one attached hydrogen (secondary N) is 3. The molecule has 90 heavy (non-hydrogen) atoms. The standard InChI is InChI=1S/C72H59F3N6O6S3/c73-53-16-9-12-45(36-53)42-88(82,83)80-34-31-47-26-28-49(37-60(47)71(80)63-40-77-66-24-7-4-19-58(63)66)54-22-11-15-52(69(54)75)44-90(86,87)81-35-32-48-27-29-50(38-61(48)72(81)64-41-78-67-25-8-5-20-59(64)67)55-21-10-14-51(68(55)74)43-89(84,85)79-33-30-46-13-1-2-17-56(46)70(79)62-39-76-65-23-6-3-18-57(62)65/h1-29,36-41,70-72,76-78H,30-35,42-44H2/t70-,71-,72+/m1/s1. The predicted octanol–water partition coefficient (Wildman–Crippen LogP) is 14.3. The van der Waals surface area contributed by atoms with E-state index in [1.54, 1.807) is 67.0 Å². The highest BCUT2D eigenvalue weighted by atomic mass is 32.2.